The Labute approximate surface area is 103 Å². The fourth-order valence-corrected chi connectivity index (χ4v) is 1.33. The molecule has 0 aromatic carbocycles. The zero-order valence-corrected chi connectivity index (χ0v) is 10.8. The second-order valence-electron chi connectivity index (χ2n) is 4.74. The number of hydrogen-bond acceptors (Lipinski definition) is 3. The minimum Gasteiger partial charge on any atom is -0.350 e. The number of nitrogens with zero attached hydrogens (tertiary/aromatic N) is 1. The van der Waals surface area contributed by atoms with E-state index in [0.29, 0.717) is 13.1 Å². The molecule has 0 spiro atoms. The molecule has 1 aromatic rings. The molecule has 2 N–H and O–H groups in total. The van der Waals surface area contributed by atoms with Crippen LogP contribution in [0.2, 0.25) is 0 Å². The monoisotopic (exact) mass is 235 g/mol. The Morgan fingerprint density at radius 2 is 2.00 bits per heavy atom. The fourth-order valence-electron chi connectivity index (χ4n) is 1.33. The van der Waals surface area contributed by atoms with Crippen LogP contribution in [0.3, 0.4) is 0 Å². The van der Waals surface area contributed by atoms with Crippen molar-refractivity contribution < 1.29 is 4.79 Å². The maximum absolute atomic E-state index is 11.6. The Hall–Kier alpha value is -1.42. The summed E-state index contributed by atoms with van der Waals surface area (Å²) in [4.78, 5) is 15.6. The minimum atomic E-state index is -0.130. The molecule has 1 heterocycles. The number of carbonyl (C=O) groups excluding carboxylic acids is 1. The van der Waals surface area contributed by atoms with Crippen LogP contribution in [0, 0.1) is 0 Å². The number of carbonyl (C=O) groups is 1. The molecule has 0 radical (unpaired) electrons. The molecule has 0 aliphatic rings. The van der Waals surface area contributed by atoms with Gasteiger partial charge < -0.3 is 10.6 Å². The Bertz CT molecular complexity index is 349. The maximum atomic E-state index is 11.6. The van der Waals surface area contributed by atoms with Crippen molar-refractivity contribution in [2.45, 2.75) is 39.3 Å². The molecule has 17 heavy (non-hydrogen) atoms. The zero-order valence-electron chi connectivity index (χ0n) is 10.8. The van der Waals surface area contributed by atoms with Gasteiger partial charge in [-0.05, 0) is 38.0 Å². The van der Waals surface area contributed by atoms with Gasteiger partial charge in [-0.1, -0.05) is 6.92 Å². The summed E-state index contributed by atoms with van der Waals surface area (Å²) in [6, 6.07) is 3.86. The van der Waals surface area contributed by atoms with Crippen LogP contribution in [-0.2, 0) is 11.3 Å². The summed E-state index contributed by atoms with van der Waals surface area (Å²) < 4.78 is 0. The van der Waals surface area contributed by atoms with E-state index in [1.165, 1.54) is 0 Å². The summed E-state index contributed by atoms with van der Waals surface area (Å²) in [6.45, 7) is 7.13. The number of hydrogen-bond donors (Lipinski definition) is 2. The number of pyridine rings is 1. The van der Waals surface area contributed by atoms with Crippen molar-refractivity contribution >= 4 is 5.91 Å². The summed E-state index contributed by atoms with van der Waals surface area (Å²) in [5, 5.41) is 6.09. The van der Waals surface area contributed by atoms with Crippen LogP contribution in [0.4, 0.5) is 0 Å². The quantitative estimate of drug-likeness (QED) is 0.785. The van der Waals surface area contributed by atoms with Crippen LogP contribution in [0.5, 0.6) is 0 Å². The van der Waals surface area contributed by atoms with Gasteiger partial charge in [0.25, 0.3) is 0 Å². The molecule has 1 rings (SSSR count). The Morgan fingerprint density at radius 1 is 1.35 bits per heavy atom. The number of aromatic nitrogens is 1. The van der Waals surface area contributed by atoms with Crippen molar-refractivity contribution in [2.75, 3.05) is 6.54 Å². The van der Waals surface area contributed by atoms with Gasteiger partial charge in [0.15, 0.2) is 0 Å². The molecular formula is C13H21N3O. The summed E-state index contributed by atoms with van der Waals surface area (Å²) in [6.07, 6.45) is 4.41. The molecule has 0 bridgehead atoms. The van der Waals surface area contributed by atoms with Crippen molar-refractivity contribution in [2.24, 2.45) is 0 Å². The normalized spacial score (nSPS) is 11.2. The molecule has 0 saturated heterocycles. The molecule has 0 unspecified atom stereocenters. The summed E-state index contributed by atoms with van der Waals surface area (Å²) in [5.41, 5.74) is 0.998. The predicted octanol–water partition coefficient (Wildman–Crippen LogP) is 1.48. The molecule has 0 saturated carbocycles. The van der Waals surface area contributed by atoms with Crippen LogP contribution in [0.25, 0.3) is 0 Å². The predicted molar refractivity (Wildman–Crippen MR) is 68.5 cm³/mol. The first-order chi connectivity index (χ1) is 8.03. The van der Waals surface area contributed by atoms with E-state index >= 15 is 0 Å². The molecule has 4 nitrogen and oxygen atoms in total. The maximum Gasteiger partial charge on any atom is 0.234 e. The van der Waals surface area contributed by atoms with Crippen LogP contribution in [-0.4, -0.2) is 23.0 Å². The minimum absolute atomic E-state index is 0.0332. The van der Waals surface area contributed by atoms with Gasteiger partial charge >= 0.3 is 0 Å². The third-order valence-corrected chi connectivity index (χ3v) is 2.73. The standard InChI is InChI=1S/C13H21N3O/c1-4-13(2,3)16-12(17)10-15-9-11-5-7-14-8-6-11/h5-8,15H,4,9-10H2,1-3H3,(H,16,17). The second-order valence-corrected chi connectivity index (χ2v) is 4.74. The first-order valence-electron chi connectivity index (χ1n) is 5.94. The first kappa shape index (κ1) is 13.6. The molecule has 0 fully saturated rings. The van der Waals surface area contributed by atoms with Crippen molar-refractivity contribution in [1.29, 1.82) is 0 Å². The van der Waals surface area contributed by atoms with E-state index < -0.39 is 0 Å². The average molecular weight is 235 g/mol. The number of nitrogens with one attached hydrogen (secondary N) is 2. The van der Waals surface area contributed by atoms with Gasteiger partial charge in [-0.2, -0.15) is 0 Å². The zero-order chi connectivity index (χ0) is 12.7. The highest BCUT2D eigenvalue weighted by atomic mass is 16.2. The lowest BCUT2D eigenvalue weighted by Crippen LogP contribution is -2.46. The molecular weight excluding hydrogens is 214 g/mol. The van der Waals surface area contributed by atoms with Gasteiger partial charge in [-0.15, -0.1) is 0 Å². The largest absolute Gasteiger partial charge is 0.350 e. The third kappa shape index (κ3) is 5.45. The highest BCUT2D eigenvalue weighted by Crippen LogP contribution is 2.05. The van der Waals surface area contributed by atoms with E-state index in [9.17, 15) is 4.79 Å². The van der Waals surface area contributed by atoms with Crippen molar-refractivity contribution in [1.82, 2.24) is 15.6 Å². The highest BCUT2D eigenvalue weighted by molar-refractivity contribution is 5.78. The molecule has 1 aromatic heterocycles. The summed E-state index contributed by atoms with van der Waals surface area (Å²) >= 11 is 0. The lowest BCUT2D eigenvalue weighted by Gasteiger charge is -2.24. The topological polar surface area (TPSA) is 54.0 Å². The van der Waals surface area contributed by atoms with Crippen LogP contribution in [0.1, 0.15) is 32.8 Å². The summed E-state index contributed by atoms with van der Waals surface area (Å²) in [5.74, 6) is 0.0332. The smallest absolute Gasteiger partial charge is 0.234 e. The lowest BCUT2D eigenvalue weighted by molar-refractivity contribution is -0.121. The molecule has 0 aliphatic heterocycles. The van der Waals surface area contributed by atoms with Crippen LogP contribution >= 0.6 is 0 Å². The molecule has 1 amide bonds. The van der Waals surface area contributed by atoms with Gasteiger partial charge in [-0.3, -0.25) is 9.78 Å². The van der Waals surface area contributed by atoms with Gasteiger partial charge in [0.2, 0.25) is 5.91 Å². The van der Waals surface area contributed by atoms with E-state index in [0.717, 1.165) is 12.0 Å². The highest BCUT2D eigenvalue weighted by Gasteiger charge is 2.16. The van der Waals surface area contributed by atoms with Crippen molar-refractivity contribution in [3.8, 4) is 0 Å². The SMILES string of the molecule is CCC(C)(C)NC(=O)CNCc1ccncc1. The van der Waals surface area contributed by atoms with Crippen molar-refractivity contribution in [3.63, 3.8) is 0 Å². The van der Waals surface area contributed by atoms with E-state index in [4.69, 9.17) is 0 Å². The average Bonchev–Trinajstić information content (AvgIpc) is 2.30. The summed E-state index contributed by atoms with van der Waals surface area (Å²) in [7, 11) is 0. The molecule has 4 heteroatoms. The van der Waals surface area contributed by atoms with Crippen LogP contribution in [0.15, 0.2) is 24.5 Å². The van der Waals surface area contributed by atoms with E-state index in [-0.39, 0.29) is 11.4 Å². The number of amides is 1. The van der Waals surface area contributed by atoms with Gasteiger partial charge in [0, 0.05) is 24.5 Å². The first-order valence-corrected chi connectivity index (χ1v) is 5.94. The van der Waals surface area contributed by atoms with E-state index in [1.807, 2.05) is 26.0 Å². The molecule has 0 atom stereocenters. The van der Waals surface area contributed by atoms with Crippen molar-refractivity contribution in [3.05, 3.63) is 30.1 Å². The van der Waals surface area contributed by atoms with E-state index in [1.54, 1.807) is 12.4 Å². The Morgan fingerprint density at radius 3 is 2.59 bits per heavy atom. The molecule has 0 aliphatic carbocycles. The Balaban J connectivity index is 2.25. The number of rotatable bonds is 6. The fraction of sp³-hybridized carbons (Fsp3) is 0.538. The lowest BCUT2D eigenvalue weighted by atomic mass is 10.0. The third-order valence-electron chi connectivity index (χ3n) is 2.73. The van der Waals surface area contributed by atoms with Gasteiger partial charge in [-0.25, -0.2) is 0 Å². The van der Waals surface area contributed by atoms with Gasteiger partial charge in [0.1, 0.15) is 0 Å². The van der Waals surface area contributed by atoms with E-state index in [2.05, 4.69) is 22.5 Å². The molecule has 94 valence electrons. The van der Waals surface area contributed by atoms with Gasteiger partial charge in [0.05, 0.1) is 6.54 Å². The second kappa shape index (κ2) is 6.35. The van der Waals surface area contributed by atoms with Crippen LogP contribution < -0.4 is 10.6 Å². The Kier molecular flexibility index (Phi) is 5.10.